The summed E-state index contributed by atoms with van der Waals surface area (Å²) in [7, 11) is 0. The van der Waals surface area contributed by atoms with E-state index in [1.54, 1.807) is 4.90 Å². The fraction of sp³-hybridized carbons (Fsp3) is 0.417. The predicted octanol–water partition coefficient (Wildman–Crippen LogP) is 4.18. The highest BCUT2D eigenvalue weighted by Crippen LogP contribution is 2.32. The largest absolute Gasteiger partial charge is 0.445 e. The van der Waals surface area contributed by atoms with Gasteiger partial charge in [0.1, 0.15) is 12.1 Å². The summed E-state index contributed by atoms with van der Waals surface area (Å²) >= 11 is 6.12. The van der Waals surface area contributed by atoms with Crippen LogP contribution in [0.5, 0.6) is 0 Å². The Morgan fingerprint density at radius 1 is 1.00 bits per heavy atom. The summed E-state index contributed by atoms with van der Waals surface area (Å²) in [6.07, 6.45) is 1.03. The average molecular weight is 442 g/mol. The van der Waals surface area contributed by atoms with Gasteiger partial charge in [-0.15, -0.1) is 0 Å². The van der Waals surface area contributed by atoms with Crippen LogP contribution in [0.4, 0.5) is 10.5 Å². The molecule has 2 aliphatic heterocycles. The van der Waals surface area contributed by atoms with Gasteiger partial charge in [0.2, 0.25) is 5.91 Å². The summed E-state index contributed by atoms with van der Waals surface area (Å²) in [5.41, 5.74) is 1.14. The molecule has 6 nitrogen and oxygen atoms in total. The Morgan fingerprint density at radius 2 is 1.74 bits per heavy atom. The lowest BCUT2D eigenvalue weighted by Crippen LogP contribution is -2.60. The fourth-order valence-electron chi connectivity index (χ4n) is 4.46. The first kappa shape index (κ1) is 21.5. The summed E-state index contributed by atoms with van der Waals surface area (Å²) in [4.78, 5) is 32.0. The van der Waals surface area contributed by atoms with Gasteiger partial charge in [-0.3, -0.25) is 9.69 Å². The number of piperazine rings is 1. The second kappa shape index (κ2) is 9.18. The van der Waals surface area contributed by atoms with E-state index in [0.717, 1.165) is 30.8 Å². The third kappa shape index (κ3) is 4.64. The van der Waals surface area contributed by atoms with Crippen molar-refractivity contribution in [1.29, 1.82) is 0 Å². The maximum Gasteiger partial charge on any atom is 0.410 e. The number of halogens is 1. The number of hydrogen-bond acceptors (Lipinski definition) is 4. The van der Waals surface area contributed by atoms with Crippen molar-refractivity contribution in [3.05, 3.63) is 65.2 Å². The predicted molar refractivity (Wildman–Crippen MR) is 121 cm³/mol. The Kier molecular flexibility index (Phi) is 6.37. The van der Waals surface area contributed by atoms with Crippen LogP contribution in [-0.2, 0) is 16.1 Å². The number of amides is 2. The van der Waals surface area contributed by atoms with Crippen molar-refractivity contribution >= 4 is 29.3 Å². The number of benzene rings is 2. The number of nitrogens with zero attached hydrogens (tertiary/aromatic N) is 3. The molecule has 4 rings (SSSR count). The number of carbonyl (C=O) groups excluding carboxylic acids is 2. The summed E-state index contributed by atoms with van der Waals surface area (Å²) in [5, 5.41) is 0.708. The van der Waals surface area contributed by atoms with Crippen molar-refractivity contribution in [2.24, 2.45) is 0 Å². The second-order valence-corrected chi connectivity index (χ2v) is 8.76. The molecule has 2 heterocycles. The van der Waals surface area contributed by atoms with Gasteiger partial charge in [-0.2, -0.15) is 0 Å². The molecule has 2 aromatic rings. The summed E-state index contributed by atoms with van der Waals surface area (Å²) < 4.78 is 5.53. The van der Waals surface area contributed by atoms with E-state index in [4.69, 9.17) is 16.3 Å². The molecule has 1 atom stereocenters. The van der Waals surface area contributed by atoms with Gasteiger partial charge in [0, 0.05) is 43.4 Å². The van der Waals surface area contributed by atoms with Crippen LogP contribution in [-0.4, -0.2) is 60.1 Å². The highest BCUT2D eigenvalue weighted by Gasteiger charge is 2.48. The van der Waals surface area contributed by atoms with Gasteiger partial charge in [-0.25, -0.2) is 4.79 Å². The summed E-state index contributed by atoms with van der Waals surface area (Å²) in [5.74, 6) is 0.00686. The highest BCUT2D eigenvalue weighted by atomic mass is 35.5. The van der Waals surface area contributed by atoms with Gasteiger partial charge in [-0.1, -0.05) is 48.0 Å². The number of likely N-dealkylation sites (tertiary alicyclic amines) is 1. The minimum Gasteiger partial charge on any atom is -0.445 e. The van der Waals surface area contributed by atoms with E-state index in [0.29, 0.717) is 31.1 Å². The molecule has 31 heavy (non-hydrogen) atoms. The molecule has 2 fully saturated rings. The molecule has 164 valence electrons. The first-order chi connectivity index (χ1) is 15.0. The third-order valence-corrected chi connectivity index (χ3v) is 6.50. The monoisotopic (exact) mass is 441 g/mol. The van der Waals surface area contributed by atoms with E-state index in [1.807, 2.05) is 66.4 Å². The van der Waals surface area contributed by atoms with Crippen LogP contribution in [0.1, 0.15) is 25.3 Å². The first-order valence-corrected chi connectivity index (χ1v) is 11.1. The van der Waals surface area contributed by atoms with Gasteiger partial charge >= 0.3 is 6.09 Å². The lowest BCUT2D eigenvalue weighted by atomic mass is 9.96. The maximum atomic E-state index is 13.4. The molecule has 0 saturated carbocycles. The van der Waals surface area contributed by atoms with E-state index in [2.05, 4.69) is 4.90 Å². The van der Waals surface area contributed by atoms with Crippen molar-refractivity contribution in [3.63, 3.8) is 0 Å². The molecule has 1 unspecified atom stereocenters. The molecule has 0 radical (unpaired) electrons. The van der Waals surface area contributed by atoms with Crippen LogP contribution < -0.4 is 4.90 Å². The molecule has 7 heteroatoms. The zero-order chi connectivity index (χ0) is 21.8. The van der Waals surface area contributed by atoms with E-state index < -0.39 is 11.6 Å². The maximum absolute atomic E-state index is 13.4. The second-order valence-electron chi connectivity index (χ2n) is 8.33. The highest BCUT2D eigenvalue weighted by molar-refractivity contribution is 6.30. The van der Waals surface area contributed by atoms with Crippen LogP contribution >= 0.6 is 11.6 Å². The Bertz CT molecular complexity index is 931. The molecular weight excluding hydrogens is 414 g/mol. The van der Waals surface area contributed by atoms with E-state index in [9.17, 15) is 9.59 Å². The van der Waals surface area contributed by atoms with Crippen molar-refractivity contribution in [2.45, 2.75) is 31.9 Å². The standard InChI is InChI=1S/C24H28ClN3O3/c1-24(11-6-12-28(24)23(30)31-18-19-7-3-2-4-8-19)22(29)27-15-13-26(14-16-27)21-10-5-9-20(25)17-21/h2-5,7-10,17H,6,11-16,18H2,1H3. The average Bonchev–Trinajstić information content (AvgIpc) is 3.20. The Labute approximate surface area is 188 Å². The van der Waals surface area contributed by atoms with E-state index >= 15 is 0 Å². The third-order valence-electron chi connectivity index (χ3n) is 6.27. The molecule has 2 saturated heterocycles. The molecule has 0 aliphatic carbocycles. The Morgan fingerprint density at radius 3 is 2.45 bits per heavy atom. The Hall–Kier alpha value is -2.73. The smallest absolute Gasteiger partial charge is 0.410 e. The molecule has 0 spiro atoms. The molecular formula is C24H28ClN3O3. The van der Waals surface area contributed by atoms with Crippen molar-refractivity contribution < 1.29 is 14.3 Å². The van der Waals surface area contributed by atoms with Crippen molar-refractivity contribution in [1.82, 2.24) is 9.80 Å². The first-order valence-electron chi connectivity index (χ1n) is 10.8. The van der Waals surface area contributed by atoms with Crippen LogP contribution in [0.3, 0.4) is 0 Å². The van der Waals surface area contributed by atoms with E-state index in [1.165, 1.54) is 0 Å². The van der Waals surface area contributed by atoms with Gasteiger partial charge in [0.25, 0.3) is 0 Å². The van der Waals surface area contributed by atoms with Crippen LogP contribution in [0.15, 0.2) is 54.6 Å². The molecule has 2 amide bonds. The number of rotatable bonds is 4. The van der Waals surface area contributed by atoms with Crippen molar-refractivity contribution in [2.75, 3.05) is 37.6 Å². The van der Waals surface area contributed by atoms with Crippen molar-refractivity contribution in [3.8, 4) is 0 Å². The topological polar surface area (TPSA) is 53.1 Å². The molecule has 0 N–H and O–H groups in total. The molecule has 2 aromatic carbocycles. The lowest BCUT2D eigenvalue weighted by Gasteiger charge is -2.41. The number of carbonyl (C=O) groups is 2. The van der Waals surface area contributed by atoms with Crippen LogP contribution in [0, 0.1) is 0 Å². The fourth-order valence-corrected chi connectivity index (χ4v) is 4.64. The minimum atomic E-state index is -0.855. The molecule has 2 aliphatic rings. The van der Waals surface area contributed by atoms with E-state index in [-0.39, 0.29) is 12.5 Å². The lowest BCUT2D eigenvalue weighted by molar-refractivity contribution is -0.141. The van der Waals surface area contributed by atoms with Crippen LogP contribution in [0.2, 0.25) is 5.02 Å². The normalized spacial score (nSPS) is 21.3. The number of anilines is 1. The quantitative estimate of drug-likeness (QED) is 0.714. The van der Waals surface area contributed by atoms with Gasteiger partial charge in [0.15, 0.2) is 0 Å². The van der Waals surface area contributed by atoms with Gasteiger partial charge in [0.05, 0.1) is 0 Å². The van der Waals surface area contributed by atoms with Gasteiger partial charge < -0.3 is 14.5 Å². The summed E-state index contributed by atoms with van der Waals surface area (Å²) in [6.45, 7) is 5.33. The van der Waals surface area contributed by atoms with Gasteiger partial charge in [-0.05, 0) is 43.5 Å². The summed E-state index contributed by atoms with van der Waals surface area (Å²) in [6, 6.07) is 17.4. The zero-order valence-electron chi connectivity index (χ0n) is 17.8. The number of hydrogen-bond donors (Lipinski definition) is 0. The molecule has 0 bridgehead atoms. The minimum absolute atomic E-state index is 0.00686. The number of ether oxygens (including phenoxy) is 1. The SMILES string of the molecule is CC1(C(=O)N2CCN(c3cccc(Cl)c3)CC2)CCCN1C(=O)OCc1ccccc1. The molecule has 0 aromatic heterocycles. The Balaban J connectivity index is 1.37. The van der Waals surface area contributed by atoms with Crippen LogP contribution in [0.25, 0.3) is 0 Å². The zero-order valence-corrected chi connectivity index (χ0v) is 18.6.